The van der Waals surface area contributed by atoms with Gasteiger partial charge in [0.05, 0.1) is 6.61 Å². The van der Waals surface area contributed by atoms with E-state index in [2.05, 4.69) is 29.6 Å². The molecule has 1 fully saturated rings. The number of hydrogen-bond acceptors (Lipinski definition) is 3. The van der Waals surface area contributed by atoms with Crippen molar-refractivity contribution in [2.24, 2.45) is 0 Å². The molecule has 3 heteroatoms. The lowest BCUT2D eigenvalue weighted by atomic mass is 9.91. The van der Waals surface area contributed by atoms with Crippen LogP contribution in [0.3, 0.4) is 0 Å². The minimum absolute atomic E-state index is 0.374. The third kappa shape index (κ3) is 3.43. The Morgan fingerprint density at radius 3 is 2.43 bits per heavy atom. The smallest absolute Gasteiger partial charge is 0.128 e. The summed E-state index contributed by atoms with van der Waals surface area (Å²) in [6, 6.07) is 20.3. The number of para-hydroxylation sites is 1. The molecule has 1 heterocycles. The Balaban J connectivity index is 1.82. The van der Waals surface area contributed by atoms with E-state index in [-0.39, 0.29) is 5.60 Å². The number of hydrogen-bond donors (Lipinski definition) is 1. The first-order chi connectivity index (χ1) is 10.4. The molecule has 0 aliphatic carbocycles. The second-order valence-electron chi connectivity index (χ2n) is 5.31. The minimum atomic E-state index is -0.374. The van der Waals surface area contributed by atoms with Crippen LogP contribution in [0.5, 0.6) is 5.75 Å². The van der Waals surface area contributed by atoms with E-state index in [1.807, 2.05) is 36.4 Å². The Kier molecular flexibility index (Phi) is 4.53. The third-order valence-electron chi connectivity index (χ3n) is 3.88. The Labute approximate surface area is 125 Å². The van der Waals surface area contributed by atoms with Crippen molar-refractivity contribution in [3.63, 3.8) is 0 Å². The molecule has 1 N–H and O–H groups in total. The van der Waals surface area contributed by atoms with Gasteiger partial charge < -0.3 is 14.8 Å². The summed E-state index contributed by atoms with van der Waals surface area (Å²) in [7, 11) is 0. The van der Waals surface area contributed by atoms with E-state index in [4.69, 9.17) is 9.47 Å². The normalized spacial score (nSPS) is 22.5. The molecular weight excluding hydrogens is 262 g/mol. The van der Waals surface area contributed by atoms with Crippen LogP contribution in [0.25, 0.3) is 0 Å². The van der Waals surface area contributed by atoms with E-state index in [1.165, 1.54) is 5.56 Å². The van der Waals surface area contributed by atoms with Crippen molar-refractivity contribution in [2.45, 2.75) is 12.0 Å². The lowest BCUT2D eigenvalue weighted by Gasteiger charge is -2.32. The van der Waals surface area contributed by atoms with Crippen molar-refractivity contribution in [3.8, 4) is 5.75 Å². The maximum Gasteiger partial charge on any atom is 0.128 e. The van der Waals surface area contributed by atoms with Gasteiger partial charge in [0.2, 0.25) is 0 Å². The highest BCUT2D eigenvalue weighted by atomic mass is 16.5. The summed E-state index contributed by atoms with van der Waals surface area (Å²) in [5.74, 6) is 0.883. The highest BCUT2D eigenvalue weighted by Crippen LogP contribution is 2.31. The Bertz CT molecular complexity index is 534. The zero-order valence-corrected chi connectivity index (χ0v) is 12.1. The standard InChI is InChI=1S/C18H21NO2/c1-3-7-16(8-4-1)18(11-12-19-13-14-21-18)15-20-17-9-5-2-6-10-17/h1-10,19H,11-15H2. The van der Waals surface area contributed by atoms with Gasteiger partial charge in [-0.05, 0) is 30.7 Å². The van der Waals surface area contributed by atoms with Crippen LogP contribution in [0.4, 0.5) is 0 Å². The number of ether oxygens (including phenoxy) is 2. The predicted molar refractivity (Wildman–Crippen MR) is 83.5 cm³/mol. The fraction of sp³-hybridized carbons (Fsp3) is 0.333. The molecule has 3 rings (SSSR count). The van der Waals surface area contributed by atoms with Crippen LogP contribution in [0.1, 0.15) is 12.0 Å². The summed E-state index contributed by atoms with van der Waals surface area (Å²) >= 11 is 0. The molecule has 0 amide bonds. The van der Waals surface area contributed by atoms with E-state index in [0.29, 0.717) is 13.2 Å². The topological polar surface area (TPSA) is 30.5 Å². The maximum atomic E-state index is 6.21. The van der Waals surface area contributed by atoms with Crippen LogP contribution in [0.15, 0.2) is 60.7 Å². The van der Waals surface area contributed by atoms with E-state index in [0.717, 1.165) is 25.3 Å². The molecule has 1 atom stereocenters. The summed E-state index contributed by atoms with van der Waals surface area (Å²) in [6.07, 6.45) is 0.907. The van der Waals surface area contributed by atoms with Crippen molar-refractivity contribution in [1.82, 2.24) is 5.32 Å². The van der Waals surface area contributed by atoms with Crippen LogP contribution >= 0.6 is 0 Å². The second-order valence-corrected chi connectivity index (χ2v) is 5.31. The SMILES string of the molecule is c1ccc(OCC2(c3ccccc3)CCNCCO2)cc1. The van der Waals surface area contributed by atoms with E-state index in [1.54, 1.807) is 0 Å². The number of nitrogens with one attached hydrogen (secondary N) is 1. The molecule has 1 aliphatic heterocycles. The summed E-state index contributed by atoms with van der Waals surface area (Å²) < 4.78 is 12.2. The molecule has 0 aromatic heterocycles. The lowest BCUT2D eigenvalue weighted by molar-refractivity contribution is -0.0724. The first-order valence-electron chi connectivity index (χ1n) is 7.47. The quantitative estimate of drug-likeness (QED) is 0.935. The molecule has 0 bridgehead atoms. The summed E-state index contributed by atoms with van der Waals surface area (Å²) in [5.41, 5.74) is 0.810. The average molecular weight is 283 g/mol. The molecule has 110 valence electrons. The van der Waals surface area contributed by atoms with Gasteiger partial charge >= 0.3 is 0 Å². The predicted octanol–water partition coefficient (Wildman–Crippen LogP) is 2.97. The van der Waals surface area contributed by atoms with E-state index < -0.39 is 0 Å². The Hall–Kier alpha value is -1.84. The third-order valence-corrected chi connectivity index (χ3v) is 3.88. The fourth-order valence-electron chi connectivity index (χ4n) is 2.69. The van der Waals surface area contributed by atoms with Crippen molar-refractivity contribution in [1.29, 1.82) is 0 Å². The molecule has 0 saturated carbocycles. The summed E-state index contributed by atoms with van der Waals surface area (Å²) in [5, 5.41) is 3.39. The van der Waals surface area contributed by atoms with Crippen LogP contribution in [0.2, 0.25) is 0 Å². The van der Waals surface area contributed by atoms with E-state index in [9.17, 15) is 0 Å². The molecule has 1 saturated heterocycles. The van der Waals surface area contributed by atoms with Gasteiger partial charge in [-0.3, -0.25) is 0 Å². The summed E-state index contributed by atoms with van der Waals surface area (Å²) in [4.78, 5) is 0. The minimum Gasteiger partial charge on any atom is -0.490 e. The van der Waals surface area contributed by atoms with Crippen molar-refractivity contribution in [3.05, 3.63) is 66.2 Å². The molecule has 21 heavy (non-hydrogen) atoms. The highest BCUT2D eigenvalue weighted by molar-refractivity contribution is 5.25. The first kappa shape index (κ1) is 14.1. The van der Waals surface area contributed by atoms with Crippen molar-refractivity contribution in [2.75, 3.05) is 26.3 Å². The second kappa shape index (κ2) is 6.74. The van der Waals surface area contributed by atoms with Gasteiger partial charge in [-0.25, -0.2) is 0 Å². The number of rotatable bonds is 4. The molecule has 3 nitrogen and oxygen atoms in total. The monoisotopic (exact) mass is 283 g/mol. The molecular formula is C18H21NO2. The average Bonchev–Trinajstić information content (AvgIpc) is 2.81. The first-order valence-corrected chi connectivity index (χ1v) is 7.47. The largest absolute Gasteiger partial charge is 0.490 e. The van der Waals surface area contributed by atoms with Gasteiger partial charge in [0, 0.05) is 6.54 Å². The zero-order valence-electron chi connectivity index (χ0n) is 12.1. The van der Waals surface area contributed by atoms with Gasteiger partial charge in [0.25, 0.3) is 0 Å². The lowest BCUT2D eigenvalue weighted by Crippen LogP contribution is -2.37. The molecule has 2 aromatic carbocycles. The molecule has 1 aliphatic rings. The molecule has 1 unspecified atom stereocenters. The molecule has 0 spiro atoms. The van der Waals surface area contributed by atoms with Crippen LogP contribution in [-0.4, -0.2) is 26.3 Å². The molecule has 0 radical (unpaired) electrons. The molecule has 2 aromatic rings. The van der Waals surface area contributed by atoms with Gasteiger partial charge in [0.15, 0.2) is 0 Å². The highest BCUT2D eigenvalue weighted by Gasteiger charge is 2.35. The van der Waals surface area contributed by atoms with Gasteiger partial charge in [-0.2, -0.15) is 0 Å². The van der Waals surface area contributed by atoms with Crippen molar-refractivity contribution < 1.29 is 9.47 Å². The van der Waals surface area contributed by atoms with Gasteiger partial charge in [0.1, 0.15) is 18.0 Å². The fourth-order valence-corrected chi connectivity index (χ4v) is 2.69. The van der Waals surface area contributed by atoms with E-state index >= 15 is 0 Å². The summed E-state index contributed by atoms with van der Waals surface area (Å²) in [6.45, 7) is 3.06. The Morgan fingerprint density at radius 1 is 0.952 bits per heavy atom. The van der Waals surface area contributed by atoms with Crippen LogP contribution in [-0.2, 0) is 10.3 Å². The number of benzene rings is 2. The van der Waals surface area contributed by atoms with Gasteiger partial charge in [-0.1, -0.05) is 48.5 Å². The zero-order chi connectivity index (χ0) is 14.4. The Morgan fingerprint density at radius 2 is 1.67 bits per heavy atom. The van der Waals surface area contributed by atoms with Crippen LogP contribution in [0, 0.1) is 0 Å². The maximum absolute atomic E-state index is 6.21. The van der Waals surface area contributed by atoms with Crippen molar-refractivity contribution >= 4 is 0 Å². The van der Waals surface area contributed by atoms with Gasteiger partial charge in [-0.15, -0.1) is 0 Å². The van der Waals surface area contributed by atoms with Crippen LogP contribution < -0.4 is 10.1 Å².